The fraction of sp³-hybridized carbons (Fsp3) is 0.613. The molecule has 0 aliphatic heterocycles. The Hall–Kier alpha value is -1.64. The summed E-state index contributed by atoms with van der Waals surface area (Å²) in [6.45, 7) is 4.69. The molecule has 0 unspecified atom stereocenters. The van der Waals surface area contributed by atoms with Crippen molar-refractivity contribution in [1.29, 1.82) is 0 Å². The van der Waals surface area contributed by atoms with Crippen LogP contribution in [0.3, 0.4) is 0 Å². The van der Waals surface area contributed by atoms with Crippen molar-refractivity contribution >= 4 is 0 Å². The molecule has 2 aromatic carbocycles. The van der Waals surface area contributed by atoms with Gasteiger partial charge >= 0.3 is 0 Å². The molecule has 0 atom stereocenters. The summed E-state index contributed by atoms with van der Waals surface area (Å²) in [5.41, 5.74) is 6.99. The second-order valence-corrected chi connectivity index (χ2v) is 10.3. The maximum atomic E-state index is 9.26. The minimum absolute atomic E-state index is 0.0181. The minimum atomic E-state index is 0.0181. The summed E-state index contributed by atoms with van der Waals surface area (Å²) >= 11 is 0. The number of benzene rings is 2. The zero-order chi connectivity index (χ0) is 23.5. The molecule has 0 aromatic heterocycles. The topological polar surface area (TPSA) is 40.5 Å². The maximum Gasteiger partial charge on any atom is 0.0481 e. The molecular weight excluding hydrogens is 404 g/mol. The SMILES string of the molecule is CCCCCC1CCC(c2ccc(-c3ccc(CCCC(CO)CO)cc3CC)cc2)CC1. The standard InChI is InChI=1S/C31H46O2/c1-3-5-6-8-24-11-14-28(15-12-24)29-16-18-30(19-17-29)31-20-13-25(21-27(31)4-2)9-7-10-26(22-32)23-33/h13,16-21,24,26,28,32-33H,3-12,14-15,22-23H2,1-2H3. The zero-order valence-electron chi connectivity index (χ0n) is 21.1. The fourth-order valence-electron chi connectivity index (χ4n) is 5.61. The van der Waals surface area contributed by atoms with Crippen LogP contribution in [-0.2, 0) is 12.8 Å². The van der Waals surface area contributed by atoms with E-state index in [1.165, 1.54) is 79.2 Å². The van der Waals surface area contributed by atoms with Crippen molar-refractivity contribution in [3.63, 3.8) is 0 Å². The van der Waals surface area contributed by atoms with E-state index >= 15 is 0 Å². The van der Waals surface area contributed by atoms with E-state index in [0.29, 0.717) is 0 Å². The molecule has 1 aliphatic carbocycles. The van der Waals surface area contributed by atoms with Gasteiger partial charge in [0, 0.05) is 19.1 Å². The van der Waals surface area contributed by atoms with Crippen LogP contribution in [-0.4, -0.2) is 23.4 Å². The van der Waals surface area contributed by atoms with Crippen LogP contribution in [0.5, 0.6) is 0 Å². The molecule has 2 nitrogen and oxygen atoms in total. The Morgan fingerprint density at radius 3 is 2.21 bits per heavy atom. The van der Waals surface area contributed by atoms with Crippen molar-refractivity contribution in [2.24, 2.45) is 11.8 Å². The summed E-state index contributed by atoms with van der Waals surface area (Å²) in [6.07, 6.45) is 15.1. The predicted molar refractivity (Wildman–Crippen MR) is 141 cm³/mol. The van der Waals surface area contributed by atoms with E-state index < -0.39 is 0 Å². The number of hydrogen-bond acceptors (Lipinski definition) is 2. The monoisotopic (exact) mass is 450 g/mol. The van der Waals surface area contributed by atoms with E-state index in [1.54, 1.807) is 0 Å². The highest BCUT2D eigenvalue weighted by atomic mass is 16.3. The number of unbranched alkanes of at least 4 members (excludes halogenated alkanes) is 2. The van der Waals surface area contributed by atoms with Crippen molar-refractivity contribution in [2.75, 3.05) is 13.2 Å². The third-order valence-electron chi connectivity index (χ3n) is 7.90. The molecule has 0 saturated heterocycles. The van der Waals surface area contributed by atoms with E-state index in [4.69, 9.17) is 0 Å². The number of aliphatic hydroxyl groups excluding tert-OH is 2. The van der Waals surface area contributed by atoms with Crippen LogP contribution in [0.2, 0.25) is 0 Å². The van der Waals surface area contributed by atoms with Crippen LogP contribution in [0.1, 0.15) is 101 Å². The van der Waals surface area contributed by atoms with Gasteiger partial charge in [0.05, 0.1) is 0 Å². The van der Waals surface area contributed by atoms with Crippen LogP contribution >= 0.6 is 0 Å². The van der Waals surface area contributed by atoms with Gasteiger partial charge in [0.25, 0.3) is 0 Å². The lowest BCUT2D eigenvalue weighted by molar-refractivity contribution is 0.142. The predicted octanol–water partition coefficient (Wildman–Crippen LogP) is 7.69. The summed E-state index contributed by atoms with van der Waals surface area (Å²) in [5.74, 6) is 1.73. The van der Waals surface area contributed by atoms with Gasteiger partial charge in [-0.3, -0.25) is 0 Å². The van der Waals surface area contributed by atoms with Crippen molar-refractivity contribution in [3.8, 4) is 11.1 Å². The molecule has 0 radical (unpaired) electrons. The van der Waals surface area contributed by atoms with Gasteiger partial charge in [-0.2, -0.15) is 0 Å². The first kappa shape index (κ1) is 26.0. The molecule has 1 fully saturated rings. The van der Waals surface area contributed by atoms with Crippen molar-refractivity contribution in [2.45, 2.75) is 96.8 Å². The molecule has 2 N–H and O–H groups in total. The van der Waals surface area contributed by atoms with E-state index in [1.807, 2.05) is 0 Å². The number of hydrogen-bond donors (Lipinski definition) is 2. The molecule has 1 saturated carbocycles. The van der Waals surface area contributed by atoms with Gasteiger partial charge in [-0.1, -0.05) is 82.0 Å². The number of aryl methyl sites for hydroxylation is 2. The Balaban J connectivity index is 1.57. The Morgan fingerprint density at radius 2 is 1.58 bits per heavy atom. The second kappa shape index (κ2) is 13.9. The molecule has 2 aromatic rings. The Morgan fingerprint density at radius 1 is 0.848 bits per heavy atom. The van der Waals surface area contributed by atoms with E-state index in [2.05, 4.69) is 56.3 Å². The summed E-state index contributed by atoms with van der Waals surface area (Å²) in [6, 6.07) is 16.3. The van der Waals surface area contributed by atoms with Gasteiger partial charge in [0.15, 0.2) is 0 Å². The zero-order valence-corrected chi connectivity index (χ0v) is 21.1. The van der Waals surface area contributed by atoms with Crippen molar-refractivity contribution in [3.05, 3.63) is 59.2 Å². The quantitative estimate of drug-likeness (QED) is 0.307. The molecule has 0 spiro atoms. The molecule has 0 amide bonds. The average Bonchev–Trinajstić information content (AvgIpc) is 2.87. The highest BCUT2D eigenvalue weighted by Gasteiger charge is 2.22. The lowest BCUT2D eigenvalue weighted by atomic mass is 9.77. The summed E-state index contributed by atoms with van der Waals surface area (Å²) in [7, 11) is 0. The van der Waals surface area contributed by atoms with Gasteiger partial charge < -0.3 is 10.2 Å². The van der Waals surface area contributed by atoms with E-state index in [-0.39, 0.29) is 19.1 Å². The third-order valence-corrected chi connectivity index (χ3v) is 7.90. The molecular formula is C31H46O2. The lowest BCUT2D eigenvalue weighted by Crippen LogP contribution is -2.13. The lowest BCUT2D eigenvalue weighted by Gasteiger charge is -2.29. The smallest absolute Gasteiger partial charge is 0.0481 e. The molecule has 0 heterocycles. The Bertz CT molecular complexity index is 798. The van der Waals surface area contributed by atoms with Crippen molar-refractivity contribution in [1.82, 2.24) is 0 Å². The first-order valence-electron chi connectivity index (χ1n) is 13.6. The third kappa shape index (κ3) is 7.69. The van der Waals surface area contributed by atoms with Crippen LogP contribution in [0.4, 0.5) is 0 Å². The maximum absolute atomic E-state index is 9.26. The Kier molecular flexibility index (Phi) is 11.0. The average molecular weight is 451 g/mol. The number of rotatable bonds is 13. The second-order valence-electron chi connectivity index (χ2n) is 10.3. The van der Waals surface area contributed by atoms with Crippen LogP contribution in [0.25, 0.3) is 11.1 Å². The molecule has 3 rings (SSSR count). The highest BCUT2D eigenvalue weighted by molar-refractivity contribution is 5.68. The summed E-state index contributed by atoms with van der Waals surface area (Å²) in [5, 5.41) is 18.5. The highest BCUT2D eigenvalue weighted by Crippen LogP contribution is 2.38. The molecule has 182 valence electrons. The van der Waals surface area contributed by atoms with E-state index in [9.17, 15) is 10.2 Å². The summed E-state index contributed by atoms with van der Waals surface area (Å²) < 4.78 is 0. The van der Waals surface area contributed by atoms with E-state index in [0.717, 1.165) is 37.5 Å². The molecule has 33 heavy (non-hydrogen) atoms. The molecule has 2 heteroatoms. The molecule has 0 bridgehead atoms. The fourth-order valence-corrected chi connectivity index (χ4v) is 5.61. The van der Waals surface area contributed by atoms with Crippen LogP contribution < -0.4 is 0 Å². The van der Waals surface area contributed by atoms with Gasteiger partial charge in [-0.05, 0) is 91.0 Å². The van der Waals surface area contributed by atoms with Gasteiger partial charge in [0.2, 0.25) is 0 Å². The normalized spacial score (nSPS) is 18.7. The first-order valence-corrected chi connectivity index (χ1v) is 13.6. The molecule has 1 aliphatic rings. The Labute approximate surface area is 202 Å². The first-order chi connectivity index (χ1) is 16.2. The van der Waals surface area contributed by atoms with Crippen LogP contribution in [0, 0.1) is 11.8 Å². The largest absolute Gasteiger partial charge is 0.396 e. The van der Waals surface area contributed by atoms with Crippen LogP contribution in [0.15, 0.2) is 42.5 Å². The minimum Gasteiger partial charge on any atom is -0.396 e. The van der Waals surface area contributed by atoms with Gasteiger partial charge in [-0.25, -0.2) is 0 Å². The summed E-state index contributed by atoms with van der Waals surface area (Å²) in [4.78, 5) is 0. The van der Waals surface area contributed by atoms with Crippen molar-refractivity contribution < 1.29 is 10.2 Å². The van der Waals surface area contributed by atoms with Gasteiger partial charge in [-0.15, -0.1) is 0 Å². The number of aliphatic hydroxyl groups is 2. The van der Waals surface area contributed by atoms with Gasteiger partial charge in [0.1, 0.15) is 0 Å².